The van der Waals surface area contributed by atoms with Crippen LogP contribution in [-0.4, -0.2) is 42.0 Å². The molecule has 0 amide bonds. The van der Waals surface area contributed by atoms with Gasteiger partial charge in [0.1, 0.15) is 5.72 Å². The first-order chi connectivity index (χ1) is 4.57. The van der Waals surface area contributed by atoms with Crippen LogP contribution in [0.3, 0.4) is 0 Å². The molecule has 1 aliphatic heterocycles. The lowest BCUT2D eigenvalue weighted by Gasteiger charge is -2.33. The van der Waals surface area contributed by atoms with E-state index in [0.29, 0.717) is 0 Å². The van der Waals surface area contributed by atoms with Gasteiger partial charge in [-0.05, 0) is 20.9 Å². The number of rotatable bonds is 1. The van der Waals surface area contributed by atoms with Gasteiger partial charge in [0.25, 0.3) is 0 Å². The molecule has 1 saturated heterocycles. The minimum absolute atomic E-state index is 0.431. The molecule has 3 nitrogen and oxygen atoms in total. The monoisotopic (exact) mass is 145 g/mol. The summed E-state index contributed by atoms with van der Waals surface area (Å²) in [5.41, 5.74) is -0.458. The summed E-state index contributed by atoms with van der Waals surface area (Å²) >= 11 is 0. The second-order valence-corrected chi connectivity index (χ2v) is 3.00. The van der Waals surface area contributed by atoms with Crippen molar-refractivity contribution in [1.82, 2.24) is 4.90 Å². The van der Waals surface area contributed by atoms with Crippen LogP contribution in [0.5, 0.6) is 0 Å². The summed E-state index contributed by atoms with van der Waals surface area (Å²) in [6.07, 6.45) is -0.431. The lowest BCUT2D eigenvalue weighted by Crippen LogP contribution is -2.48. The van der Waals surface area contributed by atoms with Crippen molar-refractivity contribution in [3.8, 4) is 0 Å². The maximum absolute atomic E-state index is 9.32. The lowest BCUT2D eigenvalue weighted by atomic mass is 10.1. The highest BCUT2D eigenvalue weighted by atomic mass is 16.5. The van der Waals surface area contributed by atoms with E-state index < -0.39 is 11.8 Å². The van der Waals surface area contributed by atoms with Gasteiger partial charge >= 0.3 is 0 Å². The third-order valence-corrected chi connectivity index (χ3v) is 2.35. The van der Waals surface area contributed by atoms with Gasteiger partial charge in [-0.2, -0.15) is 0 Å². The molecule has 0 radical (unpaired) electrons. The Bertz CT molecular complexity index is 127. The van der Waals surface area contributed by atoms with Gasteiger partial charge in [-0.15, -0.1) is 0 Å². The second kappa shape index (κ2) is 2.49. The first-order valence-electron chi connectivity index (χ1n) is 3.60. The fraction of sp³-hybridized carbons (Fsp3) is 1.00. The zero-order chi connectivity index (χ0) is 7.78. The zero-order valence-electron chi connectivity index (χ0n) is 6.79. The Kier molecular flexibility index (Phi) is 1.99. The summed E-state index contributed by atoms with van der Waals surface area (Å²) in [5, 5.41) is 9.32. The number of aliphatic hydroxyl groups is 1. The lowest BCUT2D eigenvalue weighted by molar-refractivity contribution is -0.132. The van der Waals surface area contributed by atoms with E-state index in [4.69, 9.17) is 4.74 Å². The standard InChI is InChI=1S/C7H15NO2/c1-6(9)7(2)8(3)4-5-10-7/h6,9H,4-5H2,1-3H3. The Morgan fingerprint density at radius 2 is 2.30 bits per heavy atom. The van der Waals surface area contributed by atoms with Crippen LogP contribution in [0.1, 0.15) is 13.8 Å². The minimum atomic E-state index is -0.458. The Morgan fingerprint density at radius 1 is 1.70 bits per heavy atom. The van der Waals surface area contributed by atoms with Crippen LogP contribution in [-0.2, 0) is 4.74 Å². The van der Waals surface area contributed by atoms with Crippen LogP contribution < -0.4 is 0 Å². The third-order valence-electron chi connectivity index (χ3n) is 2.35. The highest BCUT2D eigenvalue weighted by molar-refractivity contribution is 4.84. The van der Waals surface area contributed by atoms with E-state index in [9.17, 15) is 5.11 Å². The van der Waals surface area contributed by atoms with Crippen LogP contribution in [0, 0.1) is 0 Å². The average molecular weight is 145 g/mol. The fourth-order valence-electron chi connectivity index (χ4n) is 1.16. The molecule has 1 N–H and O–H groups in total. The second-order valence-electron chi connectivity index (χ2n) is 3.00. The Morgan fingerprint density at radius 3 is 2.50 bits per heavy atom. The Hall–Kier alpha value is -0.120. The molecule has 10 heavy (non-hydrogen) atoms. The van der Waals surface area contributed by atoms with Crippen molar-refractivity contribution in [3.63, 3.8) is 0 Å². The normalized spacial score (nSPS) is 38.4. The van der Waals surface area contributed by atoms with Crippen LogP contribution in [0.2, 0.25) is 0 Å². The number of nitrogens with zero attached hydrogens (tertiary/aromatic N) is 1. The highest BCUT2D eigenvalue weighted by Gasteiger charge is 2.39. The molecular weight excluding hydrogens is 130 g/mol. The van der Waals surface area contributed by atoms with E-state index in [1.807, 2.05) is 18.9 Å². The Balaban J connectivity index is 2.66. The third kappa shape index (κ3) is 1.05. The van der Waals surface area contributed by atoms with Gasteiger partial charge in [0.15, 0.2) is 0 Å². The predicted molar refractivity (Wildman–Crippen MR) is 38.7 cm³/mol. The molecule has 3 heteroatoms. The van der Waals surface area contributed by atoms with Gasteiger partial charge in [-0.1, -0.05) is 0 Å². The van der Waals surface area contributed by atoms with Crippen molar-refractivity contribution < 1.29 is 9.84 Å². The van der Waals surface area contributed by atoms with Crippen molar-refractivity contribution in [1.29, 1.82) is 0 Å². The first kappa shape index (κ1) is 7.98. The maximum atomic E-state index is 9.32. The molecule has 0 aliphatic carbocycles. The summed E-state index contributed by atoms with van der Waals surface area (Å²) in [6.45, 7) is 5.28. The molecule has 0 spiro atoms. The molecule has 0 aromatic rings. The van der Waals surface area contributed by atoms with Crippen molar-refractivity contribution in [3.05, 3.63) is 0 Å². The molecule has 1 heterocycles. The van der Waals surface area contributed by atoms with Gasteiger partial charge in [0.05, 0.1) is 12.7 Å². The molecule has 1 rings (SSSR count). The van der Waals surface area contributed by atoms with Gasteiger partial charge in [-0.3, -0.25) is 4.90 Å². The largest absolute Gasteiger partial charge is 0.389 e. The topological polar surface area (TPSA) is 32.7 Å². The van der Waals surface area contributed by atoms with E-state index >= 15 is 0 Å². The van der Waals surface area contributed by atoms with Crippen molar-refractivity contribution in [2.75, 3.05) is 20.2 Å². The molecule has 1 fully saturated rings. The van der Waals surface area contributed by atoms with E-state index in [2.05, 4.69) is 0 Å². The molecule has 2 unspecified atom stereocenters. The van der Waals surface area contributed by atoms with Crippen LogP contribution >= 0.6 is 0 Å². The van der Waals surface area contributed by atoms with Crippen LogP contribution in [0.25, 0.3) is 0 Å². The van der Waals surface area contributed by atoms with E-state index in [0.717, 1.165) is 13.2 Å². The number of ether oxygens (including phenoxy) is 1. The molecule has 2 atom stereocenters. The van der Waals surface area contributed by atoms with Crippen molar-refractivity contribution in [2.45, 2.75) is 25.7 Å². The summed E-state index contributed by atoms with van der Waals surface area (Å²) < 4.78 is 5.39. The predicted octanol–water partition coefficient (Wildman–Crippen LogP) is 0.0454. The highest BCUT2D eigenvalue weighted by Crippen LogP contribution is 2.24. The van der Waals surface area contributed by atoms with Crippen molar-refractivity contribution in [2.24, 2.45) is 0 Å². The molecule has 60 valence electrons. The van der Waals surface area contributed by atoms with E-state index in [-0.39, 0.29) is 0 Å². The minimum Gasteiger partial charge on any atom is -0.389 e. The SMILES string of the molecule is CC(O)C1(C)OCCN1C. The quantitative estimate of drug-likeness (QED) is 0.565. The molecular formula is C7H15NO2. The summed E-state index contributed by atoms with van der Waals surface area (Å²) in [5.74, 6) is 0. The summed E-state index contributed by atoms with van der Waals surface area (Å²) in [4.78, 5) is 2.03. The van der Waals surface area contributed by atoms with E-state index in [1.165, 1.54) is 0 Å². The number of aliphatic hydroxyl groups excluding tert-OH is 1. The molecule has 1 aliphatic rings. The smallest absolute Gasteiger partial charge is 0.144 e. The fourth-order valence-corrected chi connectivity index (χ4v) is 1.16. The number of hydrogen-bond acceptors (Lipinski definition) is 3. The van der Waals surface area contributed by atoms with Gasteiger partial charge in [-0.25, -0.2) is 0 Å². The molecule has 0 aromatic carbocycles. The molecule has 0 bridgehead atoms. The van der Waals surface area contributed by atoms with Crippen molar-refractivity contribution >= 4 is 0 Å². The molecule has 0 aromatic heterocycles. The average Bonchev–Trinajstić information content (AvgIpc) is 2.15. The van der Waals surface area contributed by atoms with Crippen LogP contribution in [0.15, 0.2) is 0 Å². The van der Waals surface area contributed by atoms with Gasteiger partial charge in [0.2, 0.25) is 0 Å². The van der Waals surface area contributed by atoms with E-state index in [1.54, 1.807) is 6.92 Å². The number of hydrogen-bond donors (Lipinski definition) is 1. The maximum Gasteiger partial charge on any atom is 0.144 e. The summed E-state index contributed by atoms with van der Waals surface area (Å²) in [6, 6.07) is 0. The van der Waals surface area contributed by atoms with Gasteiger partial charge < -0.3 is 9.84 Å². The summed E-state index contributed by atoms with van der Waals surface area (Å²) in [7, 11) is 1.96. The first-order valence-corrected chi connectivity index (χ1v) is 3.60. The van der Waals surface area contributed by atoms with Gasteiger partial charge in [0, 0.05) is 6.54 Å². The zero-order valence-corrected chi connectivity index (χ0v) is 6.79. The van der Waals surface area contributed by atoms with Crippen LogP contribution in [0.4, 0.5) is 0 Å². The molecule has 0 saturated carbocycles. The number of likely N-dealkylation sites (N-methyl/N-ethyl adjacent to an activating group) is 1. The Labute approximate surface area is 61.6 Å².